The van der Waals surface area contributed by atoms with Crippen LogP contribution in [0.1, 0.15) is 0 Å². The van der Waals surface area contributed by atoms with Crippen molar-refractivity contribution >= 4 is 0 Å². The zero-order valence-electron chi connectivity index (χ0n) is 11.9. The minimum Gasteiger partial charge on any atom is -0.479 e. The number of hydrogen-bond donors (Lipinski definition) is 0. The largest absolute Gasteiger partial charge is 0.479 e. The predicted octanol–water partition coefficient (Wildman–Crippen LogP) is 2.50. The van der Waals surface area contributed by atoms with Crippen molar-refractivity contribution in [1.82, 2.24) is 9.97 Å². The summed E-state index contributed by atoms with van der Waals surface area (Å²) in [7, 11) is 0. The first kappa shape index (κ1) is 15.2. The number of aromatic nitrogens is 2. The molecule has 0 amide bonds. The average Bonchev–Trinajstić information content (AvgIpc) is 2.58. The highest BCUT2D eigenvalue weighted by Crippen LogP contribution is 2.05. The van der Waals surface area contributed by atoms with E-state index in [1.54, 1.807) is 36.9 Å². The molecule has 0 atom stereocenters. The number of nitrogens with zero attached hydrogens (tertiary/aromatic N) is 2. The van der Waals surface area contributed by atoms with Crippen LogP contribution >= 0.6 is 0 Å². The topological polar surface area (TPSA) is 44.2 Å². The Bertz CT molecular complexity index is 641. The fraction of sp³-hybridized carbons (Fsp3) is 0.111. The van der Waals surface area contributed by atoms with E-state index in [9.17, 15) is 0 Å². The minimum atomic E-state index is 0.313. The molecule has 0 aliphatic rings. The van der Waals surface area contributed by atoms with Gasteiger partial charge in [0.05, 0.1) is 12.4 Å². The van der Waals surface area contributed by atoms with Gasteiger partial charge in [0.15, 0.2) is 0 Å². The summed E-state index contributed by atoms with van der Waals surface area (Å²) >= 11 is 0. The molecule has 0 fully saturated rings. The first-order valence-corrected chi connectivity index (χ1v) is 6.62. The molecule has 0 bridgehead atoms. The maximum atomic E-state index is 5.37. The zero-order chi connectivity index (χ0) is 15.3. The summed E-state index contributed by atoms with van der Waals surface area (Å²) in [4.78, 5) is 7.88. The van der Waals surface area contributed by atoms with Crippen molar-refractivity contribution in [2.45, 2.75) is 0 Å². The van der Waals surface area contributed by atoms with Gasteiger partial charge in [0.2, 0.25) is 0 Å². The normalized spacial score (nSPS) is 9.27. The van der Waals surface area contributed by atoms with E-state index in [1.165, 1.54) is 0 Å². The SMILES string of the molecule is C(#CCOc1cccnc1)/C=C\C#CCOc1cccnc1. The number of rotatable bonds is 4. The molecule has 0 saturated heterocycles. The Balaban J connectivity index is 1.62. The van der Waals surface area contributed by atoms with Crippen molar-refractivity contribution in [3.05, 3.63) is 61.2 Å². The third-order valence-corrected chi connectivity index (χ3v) is 2.34. The zero-order valence-corrected chi connectivity index (χ0v) is 11.9. The molecule has 0 N–H and O–H groups in total. The highest BCUT2D eigenvalue weighted by molar-refractivity contribution is 5.26. The Morgan fingerprint density at radius 2 is 1.32 bits per heavy atom. The van der Waals surface area contributed by atoms with Crippen LogP contribution in [0.25, 0.3) is 0 Å². The van der Waals surface area contributed by atoms with Crippen LogP contribution in [-0.2, 0) is 0 Å². The predicted molar refractivity (Wildman–Crippen MR) is 84.2 cm³/mol. The molecule has 0 aromatic carbocycles. The van der Waals surface area contributed by atoms with E-state index in [2.05, 4.69) is 33.6 Å². The van der Waals surface area contributed by atoms with Gasteiger partial charge in [-0.2, -0.15) is 0 Å². The van der Waals surface area contributed by atoms with Gasteiger partial charge in [-0.05, 0) is 36.4 Å². The summed E-state index contributed by atoms with van der Waals surface area (Å²) in [5.41, 5.74) is 0. The van der Waals surface area contributed by atoms with Crippen LogP contribution in [0.2, 0.25) is 0 Å². The second kappa shape index (κ2) is 9.63. The van der Waals surface area contributed by atoms with E-state index in [0.29, 0.717) is 24.7 Å². The van der Waals surface area contributed by atoms with E-state index in [4.69, 9.17) is 9.47 Å². The van der Waals surface area contributed by atoms with Gasteiger partial charge in [-0.1, -0.05) is 23.7 Å². The van der Waals surface area contributed by atoms with Crippen LogP contribution in [0.5, 0.6) is 11.5 Å². The van der Waals surface area contributed by atoms with E-state index in [-0.39, 0.29) is 0 Å². The number of allylic oxidation sites excluding steroid dienone is 2. The van der Waals surface area contributed by atoms with Gasteiger partial charge in [0.25, 0.3) is 0 Å². The Morgan fingerprint density at radius 3 is 1.73 bits per heavy atom. The molecule has 0 unspecified atom stereocenters. The van der Waals surface area contributed by atoms with Gasteiger partial charge in [-0.3, -0.25) is 9.97 Å². The van der Waals surface area contributed by atoms with Crippen molar-refractivity contribution in [2.75, 3.05) is 13.2 Å². The summed E-state index contributed by atoms with van der Waals surface area (Å²) < 4.78 is 10.7. The van der Waals surface area contributed by atoms with Crippen LogP contribution in [0.15, 0.2) is 61.2 Å². The first-order valence-electron chi connectivity index (χ1n) is 6.62. The van der Waals surface area contributed by atoms with Crippen molar-refractivity contribution < 1.29 is 9.47 Å². The molecular weight excluding hydrogens is 276 g/mol. The van der Waals surface area contributed by atoms with E-state index < -0.39 is 0 Å². The molecule has 4 nitrogen and oxygen atoms in total. The minimum absolute atomic E-state index is 0.313. The maximum absolute atomic E-state index is 5.37. The number of pyridine rings is 2. The number of hydrogen-bond acceptors (Lipinski definition) is 4. The highest BCUT2D eigenvalue weighted by atomic mass is 16.5. The van der Waals surface area contributed by atoms with Crippen molar-refractivity contribution in [1.29, 1.82) is 0 Å². The molecule has 2 aromatic heterocycles. The molecular formula is C18H14N2O2. The van der Waals surface area contributed by atoms with Crippen LogP contribution in [0.4, 0.5) is 0 Å². The monoisotopic (exact) mass is 290 g/mol. The van der Waals surface area contributed by atoms with Crippen LogP contribution in [0, 0.1) is 23.7 Å². The van der Waals surface area contributed by atoms with Crippen molar-refractivity contribution in [3.63, 3.8) is 0 Å². The van der Waals surface area contributed by atoms with Gasteiger partial charge >= 0.3 is 0 Å². The molecule has 0 saturated carbocycles. The lowest BCUT2D eigenvalue weighted by Gasteiger charge is -1.98. The van der Waals surface area contributed by atoms with E-state index in [0.717, 1.165) is 0 Å². The molecule has 2 rings (SSSR count). The molecule has 22 heavy (non-hydrogen) atoms. The second-order valence-electron chi connectivity index (χ2n) is 3.93. The molecule has 108 valence electrons. The fourth-order valence-electron chi connectivity index (χ4n) is 1.39. The molecule has 0 radical (unpaired) electrons. The lowest BCUT2D eigenvalue weighted by Crippen LogP contribution is -1.93. The Kier molecular flexibility index (Phi) is 6.63. The summed E-state index contributed by atoms with van der Waals surface area (Å²) in [5.74, 6) is 12.8. The third kappa shape index (κ3) is 6.27. The Labute approximate surface area is 129 Å². The lowest BCUT2D eigenvalue weighted by molar-refractivity contribution is 0.368. The standard InChI is InChI=1S/C18H14N2O2/c1(3-5-13-21-17-9-7-11-19-15-17)2-4-6-14-22-18-10-8-12-20-16-18/h1-2,7-12,15-16H,13-14H2/b2-1-. The van der Waals surface area contributed by atoms with E-state index in [1.807, 2.05) is 24.3 Å². The Hall–Kier alpha value is -3.24. The van der Waals surface area contributed by atoms with Crippen LogP contribution in [0.3, 0.4) is 0 Å². The first-order chi connectivity index (χ1) is 10.9. The maximum Gasteiger partial charge on any atom is 0.149 e. The van der Waals surface area contributed by atoms with E-state index >= 15 is 0 Å². The van der Waals surface area contributed by atoms with Crippen molar-refractivity contribution in [3.8, 4) is 35.2 Å². The third-order valence-electron chi connectivity index (χ3n) is 2.34. The summed E-state index contributed by atoms with van der Waals surface area (Å²) in [6.07, 6.45) is 10.0. The second-order valence-corrected chi connectivity index (χ2v) is 3.93. The molecule has 2 heterocycles. The average molecular weight is 290 g/mol. The Morgan fingerprint density at radius 1 is 0.818 bits per heavy atom. The molecule has 0 spiro atoms. The smallest absolute Gasteiger partial charge is 0.149 e. The summed E-state index contributed by atoms with van der Waals surface area (Å²) in [5, 5.41) is 0. The van der Waals surface area contributed by atoms with Gasteiger partial charge in [-0.25, -0.2) is 0 Å². The quantitative estimate of drug-likeness (QED) is 0.812. The molecule has 2 aromatic rings. The highest BCUT2D eigenvalue weighted by Gasteiger charge is 1.88. The molecule has 0 aliphatic carbocycles. The molecule has 0 aliphatic heterocycles. The fourth-order valence-corrected chi connectivity index (χ4v) is 1.39. The van der Waals surface area contributed by atoms with Gasteiger partial charge in [-0.15, -0.1) is 0 Å². The lowest BCUT2D eigenvalue weighted by atomic mass is 10.4. The molecule has 4 heteroatoms. The van der Waals surface area contributed by atoms with Crippen molar-refractivity contribution in [2.24, 2.45) is 0 Å². The van der Waals surface area contributed by atoms with Gasteiger partial charge in [0.1, 0.15) is 24.7 Å². The summed E-state index contributed by atoms with van der Waals surface area (Å²) in [6, 6.07) is 7.29. The van der Waals surface area contributed by atoms with Crippen LogP contribution in [-0.4, -0.2) is 23.2 Å². The van der Waals surface area contributed by atoms with Crippen LogP contribution < -0.4 is 9.47 Å². The van der Waals surface area contributed by atoms with Gasteiger partial charge in [0, 0.05) is 12.4 Å². The van der Waals surface area contributed by atoms with Gasteiger partial charge < -0.3 is 9.47 Å². The summed E-state index contributed by atoms with van der Waals surface area (Å²) in [6.45, 7) is 0.626. The number of ether oxygens (including phenoxy) is 2.